The number of aromatic nitrogens is 2. The number of hydrogen-bond donors (Lipinski definition) is 4. The van der Waals surface area contributed by atoms with E-state index >= 15 is 0 Å². The summed E-state index contributed by atoms with van der Waals surface area (Å²) in [7, 11) is 0. The number of hydrogen-bond acceptors (Lipinski definition) is 4. The lowest BCUT2D eigenvalue weighted by molar-refractivity contribution is -0.145. The molecular weight excluding hydrogens is 322 g/mol. The Morgan fingerprint density at radius 1 is 1.20 bits per heavy atom. The van der Waals surface area contributed by atoms with Crippen LogP contribution in [0.3, 0.4) is 0 Å². The average Bonchev–Trinajstić information content (AvgIpc) is 3.10. The molecule has 1 aliphatic rings. The molecule has 130 valence electrons. The highest BCUT2D eigenvalue weighted by Gasteiger charge is 2.36. The Morgan fingerprint density at radius 3 is 2.40 bits per heavy atom. The lowest BCUT2D eigenvalue weighted by Crippen LogP contribution is -2.30. The smallest absolute Gasteiger partial charge is 0.331 e. The van der Waals surface area contributed by atoms with E-state index in [0.29, 0.717) is 0 Å². The van der Waals surface area contributed by atoms with Gasteiger partial charge < -0.3 is 15.9 Å². The molecule has 7 nitrogen and oxygen atoms in total. The van der Waals surface area contributed by atoms with Gasteiger partial charge in [0, 0.05) is 17.5 Å². The van der Waals surface area contributed by atoms with Gasteiger partial charge in [-0.1, -0.05) is 30.3 Å². The molecule has 25 heavy (non-hydrogen) atoms. The first-order chi connectivity index (χ1) is 11.8. The number of aromatic amines is 1. The normalized spacial score (nSPS) is 19.1. The van der Waals surface area contributed by atoms with Crippen molar-refractivity contribution in [1.82, 2.24) is 10.2 Å². The number of H-pyrrole nitrogens is 1. The Kier molecular flexibility index (Phi) is 5.38. The highest BCUT2D eigenvalue weighted by molar-refractivity contribution is 5.90. The van der Waals surface area contributed by atoms with Crippen molar-refractivity contribution in [3.63, 3.8) is 0 Å². The zero-order valence-corrected chi connectivity index (χ0v) is 13.6. The van der Waals surface area contributed by atoms with Crippen LogP contribution < -0.4 is 5.73 Å². The summed E-state index contributed by atoms with van der Waals surface area (Å²) in [5, 5.41) is 24.4. The van der Waals surface area contributed by atoms with E-state index in [0.717, 1.165) is 5.69 Å². The molecule has 5 N–H and O–H groups in total. The van der Waals surface area contributed by atoms with Crippen molar-refractivity contribution >= 4 is 11.9 Å². The van der Waals surface area contributed by atoms with Gasteiger partial charge in [0.25, 0.3) is 0 Å². The molecule has 0 amide bonds. The number of rotatable bonds is 3. The fraction of sp³-hybridized carbons (Fsp3) is 0.167. The second-order valence-corrected chi connectivity index (χ2v) is 5.85. The molecule has 1 aromatic carbocycles. The highest BCUT2D eigenvalue weighted by Crippen LogP contribution is 2.32. The van der Waals surface area contributed by atoms with E-state index < -0.39 is 17.4 Å². The lowest BCUT2D eigenvalue weighted by Gasteiger charge is -2.24. The summed E-state index contributed by atoms with van der Waals surface area (Å²) < 4.78 is 0. The summed E-state index contributed by atoms with van der Waals surface area (Å²) in [6.45, 7) is 1.44. The van der Waals surface area contributed by atoms with Crippen LogP contribution in [0.4, 0.5) is 0 Å². The number of nitrogens with zero attached hydrogens (tertiary/aromatic N) is 1. The van der Waals surface area contributed by atoms with Gasteiger partial charge >= 0.3 is 11.9 Å². The Bertz CT molecular complexity index is 810. The summed E-state index contributed by atoms with van der Waals surface area (Å²) in [6, 6.07) is 12.1. The van der Waals surface area contributed by atoms with Gasteiger partial charge in [0.1, 0.15) is 0 Å². The van der Waals surface area contributed by atoms with Crippen molar-refractivity contribution in [2.45, 2.75) is 13.3 Å². The predicted molar refractivity (Wildman–Crippen MR) is 92.4 cm³/mol. The highest BCUT2D eigenvalue weighted by atomic mass is 16.4. The molecule has 0 fully saturated rings. The molecule has 3 rings (SSSR count). The van der Waals surface area contributed by atoms with Crippen LogP contribution >= 0.6 is 0 Å². The summed E-state index contributed by atoms with van der Waals surface area (Å²) in [6.07, 6.45) is 4.36. The van der Waals surface area contributed by atoms with Crippen LogP contribution in [0.2, 0.25) is 0 Å². The SMILES string of the molecule is CC1(C(=O)O)C=C(N)C=C(C(=O)O)C1.c1ccc(-c2ccn[nH]2)cc1. The van der Waals surface area contributed by atoms with Crippen molar-refractivity contribution < 1.29 is 19.8 Å². The number of carbonyl (C=O) groups is 2. The molecule has 0 aliphatic heterocycles. The molecule has 1 aliphatic carbocycles. The van der Waals surface area contributed by atoms with Crippen LogP contribution in [-0.4, -0.2) is 32.3 Å². The average molecular weight is 341 g/mol. The Morgan fingerprint density at radius 2 is 1.88 bits per heavy atom. The van der Waals surface area contributed by atoms with Crippen molar-refractivity contribution in [3.8, 4) is 11.3 Å². The molecule has 0 saturated heterocycles. The Balaban J connectivity index is 0.000000185. The first kappa shape index (κ1) is 18.0. The van der Waals surface area contributed by atoms with Crippen molar-refractivity contribution in [2.75, 3.05) is 0 Å². The molecule has 0 bridgehead atoms. The van der Waals surface area contributed by atoms with Gasteiger partial charge in [-0.25, -0.2) is 4.79 Å². The van der Waals surface area contributed by atoms with Crippen LogP contribution in [0, 0.1) is 5.41 Å². The minimum atomic E-state index is -1.22. The number of nitrogens with one attached hydrogen (secondary N) is 1. The lowest BCUT2D eigenvalue weighted by atomic mass is 9.79. The summed E-state index contributed by atoms with van der Waals surface area (Å²) >= 11 is 0. The summed E-state index contributed by atoms with van der Waals surface area (Å²) in [4.78, 5) is 21.5. The third kappa shape index (κ3) is 4.57. The number of carboxylic acid groups (broad SMARTS) is 2. The molecule has 2 aromatic rings. The zero-order valence-electron chi connectivity index (χ0n) is 13.6. The number of nitrogens with two attached hydrogens (primary N) is 1. The molecule has 0 spiro atoms. The number of aliphatic carboxylic acids is 2. The molecular formula is C18H19N3O4. The number of allylic oxidation sites excluding steroid dienone is 1. The largest absolute Gasteiger partial charge is 0.481 e. The van der Waals surface area contributed by atoms with E-state index in [9.17, 15) is 9.59 Å². The van der Waals surface area contributed by atoms with E-state index in [1.54, 1.807) is 6.20 Å². The van der Waals surface area contributed by atoms with Gasteiger partial charge in [-0.15, -0.1) is 0 Å². The zero-order chi connectivity index (χ0) is 18.4. The fourth-order valence-corrected chi connectivity index (χ4v) is 2.42. The third-order valence-corrected chi connectivity index (χ3v) is 3.73. The summed E-state index contributed by atoms with van der Waals surface area (Å²) in [5.41, 5.74) is 6.65. The fourth-order valence-electron chi connectivity index (χ4n) is 2.42. The molecule has 1 aromatic heterocycles. The quantitative estimate of drug-likeness (QED) is 0.678. The Hall–Kier alpha value is -3.35. The van der Waals surface area contributed by atoms with Crippen LogP contribution in [0.1, 0.15) is 13.3 Å². The van der Waals surface area contributed by atoms with E-state index in [1.165, 1.54) is 24.6 Å². The van der Waals surface area contributed by atoms with Gasteiger partial charge in [-0.05, 0) is 37.1 Å². The van der Waals surface area contributed by atoms with Gasteiger partial charge in [0.2, 0.25) is 0 Å². The maximum Gasteiger partial charge on any atom is 0.331 e. The number of benzene rings is 1. The molecule has 1 heterocycles. The first-order valence-corrected chi connectivity index (χ1v) is 7.52. The van der Waals surface area contributed by atoms with Crippen LogP contribution in [0.25, 0.3) is 11.3 Å². The van der Waals surface area contributed by atoms with Crippen molar-refractivity contribution in [1.29, 1.82) is 0 Å². The second kappa shape index (κ2) is 7.48. The first-order valence-electron chi connectivity index (χ1n) is 7.52. The minimum Gasteiger partial charge on any atom is -0.481 e. The van der Waals surface area contributed by atoms with E-state index in [2.05, 4.69) is 10.2 Å². The van der Waals surface area contributed by atoms with Crippen molar-refractivity contribution in [3.05, 3.63) is 66.0 Å². The van der Waals surface area contributed by atoms with E-state index in [4.69, 9.17) is 15.9 Å². The van der Waals surface area contributed by atoms with Crippen molar-refractivity contribution in [2.24, 2.45) is 11.1 Å². The van der Waals surface area contributed by atoms with E-state index in [-0.39, 0.29) is 17.7 Å². The molecule has 0 radical (unpaired) electrons. The predicted octanol–water partition coefficient (Wildman–Crippen LogP) is 2.41. The number of carboxylic acids is 2. The Labute approximate surface area is 144 Å². The summed E-state index contributed by atoms with van der Waals surface area (Å²) in [5.74, 6) is -2.21. The topological polar surface area (TPSA) is 129 Å². The maximum atomic E-state index is 10.9. The maximum absolute atomic E-state index is 10.9. The van der Waals surface area contributed by atoms with Crippen LogP contribution in [0.5, 0.6) is 0 Å². The van der Waals surface area contributed by atoms with Gasteiger partial charge in [-0.2, -0.15) is 5.10 Å². The van der Waals surface area contributed by atoms with Gasteiger partial charge in [0.15, 0.2) is 0 Å². The monoisotopic (exact) mass is 341 g/mol. The van der Waals surface area contributed by atoms with E-state index in [1.807, 2.05) is 36.4 Å². The van der Waals surface area contributed by atoms with Crippen LogP contribution in [0.15, 0.2) is 66.0 Å². The van der Waals surface area contributed by atoms with Crippen LogP contribution in [-0.2, 0) is 9.59 Å². The molecule has 0 saturated carbocycles. The molecule has 1 unspecified atom stereocenters. The minimum absolute atomic E-state index is 0.0231. The molecule has 1 atom stereocenters. The molecule has 7 heteroatoms. The third-order valence-electron chi connectivity index (χ3n) is 3.73. The van der Waals surface area contributed by atoms with Gasteiger partial charge in [-0.3, -0.25) is 9.89 Å². The second-order valence-electron chi connectivity index (χ2n) is 5.85. The van der Waals surface area contributed by atoms with Gasteiger partial charge in [0.05, 0.1) is 11.1 Å². The standard InChI is InChI=1S/C9H8N2.C9H11NO4/c1-2-4-8(5-3-1)9-6-7-10-11-9;1-9(8(13)14)3-5(7(11)12)2-6(10)4-9/h1-7H,(H,10,11);2,4H,3,10H2,1H3,(H,11,12)(H,13,14).